The average Bonchev–Trinajstić information content (AvgIpc) is 3.03. The van der Waals surface area contributed by atoms with Crippen LogP contribution in [0.3, 0.4) is 0 Å². The van der Waals surface area contributed by atoms with Gasteiger partial charge in [0.2, 0.25) is 11.8 Å². The van der Waals surface area contributed by atoms with Crippen molar-refractivity contribution < 1.29 is 27.1 Å². The molecule has 0 fully saturated rings. The number of rotatable bonds is 14. The Bertz CT molecular complexity index is 1680. The van der Waals surface area contributed by atoms with E-state index in [0.29, 0.717) is 0 Å². The highest BCUT2D eigenvalue weighted by Crippen LogP contribution is 2.33. The van der Waals surface area contributed by atoms with Crippen LogP contribution in [0.1, 0.15) is 31.9 Å². The SMILES string of the molecule is CCOc1ccccc1N(CC(=O)N(Cc1ccccc1F)[C@@H](Cc1ccccc1)C(=O)NC(C)C)S(=O)(=O)c1ccccc1. The topological polar surface area (TPSA) is 96.0 Å². The molecule has 0 aromatic heterocycles. The molecule has 0 aliphatic heterocycles. The van der Waals surface area contributed by atoms with Crippen molar-refractivity contribution in [2.24, 2.45) is 0 Å². The Hall–Kier alpha value is -4.70. The molecule has 0 aliphatic carbocycles. The summed E-state index contributed by atoms with van der Waals surface area (Å²) < 4.78 is 50.1. The third-order valence-electron chi connectivity index (χ3n) is 7.04. The maximum Gasteiger partial charge on any atom is 0.264 e. The molecule has 10 heteroatoms. The van der Waals surface area contributed by atoms with Gasteiger partial charge in [-0.15, -0.1) is 0 Å². The molecule has 0 aliphatic rings. The van der Waals surface area contributed by atoms with Crippen molar-refractivity contribution >= 4 is 27.5 Å². The van der Waals surface area contributed by atoms with E-state index in [0.717, 1.165) is 9.87 Å². The number of ether oxygens (including phenoxy) is 1. The van der Waals surface area contributed by atoms with Crippen molar-refractivity contribution in [1.29, 1.82) is 0 Å². The lowest BCUT2D eigenvalue weighted by atomic mass is 10.0. The molecule has 4 aromatic carbocycles. The Kier molecular flexibility index (Phi) is 11.3. The monoisotopic (exact) mass is 631 g/mol. The lowest BCUT2D eigenvalue weighted by Gasteiger charge is -2.34. The zero-order valence-corrected chi connectivity index (χ0v) is 26.4. The first-order chi connectivity index (χ1) is 21.6. The molecular weight excluding hydrogens is 593 g/mol. The van der Waals surface area contributed by atoms with E-state index in [2.05, 4.69) is 5.32 Å². The van der Waals surface area contributed by atoms with Gasteiger partial charge in [0.1, 0.15) is 24.2 Å². The van der Waals surface area contributed by atoms with E-state index in [4.69, 9.17) is 4.74 Å². The largest absolute Gasteiger partial charge is 0.492 e. The number of carbonyl (C=O) groups excluding carboxylic acids is 2. The molecule has 2 amide bonds. The molecule has 4 aromatic rings. The minimum Gasteiger partial charge on any atom is -0.492 e. The van der Waals surface area contributed by atoms with E-state index >= 15 is 4.39 Å². The van der Waals surface area contributed by atoms with E-state index in [1.165, 1.54) is 29.2 Å². The van der Waals surface area contributed by atoms with Gasteiger partial charge < -0.3 is 15.0 Å². The number of halogens is 1. The molecule has 0 unspecified atom stereocenters. The zero-order valence-electron chi connectivity index (χ0n) is 25.6. The molecule has 4 rings (SSSR count). The molecule has 8 nitrogen and oxygen atoms in total. The van der Waals surface area contributed by atoms with Gasteiger partial charge in [-0.05, 0) is 56.7 Å². The van der Waals surface area contributed by atoms with Gasteiger partial charge in [0, 0.05) is 24.6 Å². The Morgan fingerprint density at radius 3 is 2.09 bits per heavy atom. The fourth-order valence-corrected chi connectivity index (χ4v) is 6.36. The second-order valence-electron chi connectivity index (χ2n) is 10.7. The molecule has 0 heterocycles. The summed E-state index contributed by atoms with van der Waals surface area (Å²) in [5, 5.41) is 2.89. The summed E-state index contributed by atoms with van der Waals surface area (Å²) in [6, 6.07) is 28.2. The standard InChI is InChI=1S/C35H38FN3O5S/c1-4-44-33-22-14-13-21-31(33)39(45(42,43)29-18-9-6-10-19-29)25-34(40)38(24-28-17-11-12-20-30(28)36)32(35(41)37-26(2)3)23-27-15-7-5-8-16-27/h5-22,26,32H,4,23-25H2,1-3H3,(H,37,41)/t32-/m0/s1. The van der Waals surface area contributed by atoms with Crippen LogP contribution < -0.4 is 14.4 Å². The van der Waals surface area contributed by atoms with E-state index in [-0.39, 0.29) is 47.5 Å². The molecule has 0 saturated heterocycles. The Labute approximate surface area is 264 Å². The van der Waals surface area contributed by atoms with Gasteiger partial charge in [0.25, 0.3) is 10.0 Å². The number of amides is 2. The number of nitrogens with one attached hydrogen (secondary N) is 1. The number of para-hydroxylation sites is 2. The Morgan fingerprint density at radius 2 is 1.44 bits per heavy atom. The van der Waals surface area contributed by atoms with E-state index in [1.54, 1.807) is 75.4 Å². The van der Waals surface area contributed by atoms with Crippen LogP contribution in [0.4, 0.5) is 10.1 Å². The van der Waals surface area contributed by atoms with Gasteiger partial charge in [-0.2, -0.15) is 0 Å². The summed E-state index contributed by atoms with van der Waals surface area (Å²) in [5.74, 6) is -1.41. The van der Waals surface area contributed by atoms with Crippen molar-refractivity contribution in [2.45, 2.75) is 50.7 Å². The van der Waals surface area contributed by atoms with Gasteiger partial charge in [-0.1, -0.05) is 78.9 Å². The molecule has 1 atom stereocenters. The third-order valence-corrected chi connectivity index (χ3v) is 8.82. The minimum atomic E-state index is -4.30. The maximum absolute atomic E-state index is 15.0. The van der Waals surface area contributed by atoms with Gasteiger partial charge in [0.15, 0.2) is 0 Å². The Balaban J connectivity index is 1.84. The minimum absolute atomic E-state index is 0.0249. The molecule has 0 bridgehead atoms. The number of sulfonamides is 1. The average molecular weight is 632 g/mol. The number of anilines is 1. The first-order valence-electron chi connectivity index (χ1n) is 14.8. The number of benzene rings is 4. The third kappa shape index (κ3) is 8.48. The smallest absolute Gasteiger partial charge is 0.264 e. The first-order valence-corrected chi connectivity index (χ1v) is 16.2. The lowest BCUT2D eigenvalue weighted by Crippen LogP contribution is -2.54. The van der Waals surface area contributed by atoms with Crippen LogP contribution in [-0.2, 0) is 32.6 Å². The summed E-state index contributed by atoms with van der Waals surface area (Å²) in [4.78, 5) is 29.5. The van der Waals surface area contributed by atoms with Gasteiger partial charge in [0.05, 0.1) is 17.2 Å². The fraction of sp³-hybridized carbons (Fsp3) is 0.257. The molecule has 0 spiro atoms. The van der Waals surface area contributed by atoms with E-state index in [9.17, 15) is 18.0 Å². The molecule has 0 saturated carbocycles. The van der Waals surface area contributed by atoms with E-state index < -0.39 is 40.2 Å². The summed E-state index contributed by atoms with van der Waals surface area (Å²) in [5.41, 5.74) is 1.13. The van der Waals surface area contributed by atoms with Crippen molar-refractivity contribution in [1.82, 2.24) is 10.2 Å². The van der Waals surface area contributed by atoms with Crippen molar-refractivity contribution in [2.75, 3.05) is 17.5 Å². The highest BCUT2D eigenvalue weighted by molar-refractivity contribution is 7.92. The van der Waals surface area contributed by atoms with Crippen LogP contribution in [0, 0.1) is 5.82 Å². The maximum atomic E-state index is 15.0. The molecule has 45 heavy (non-hydrogen) atoms. The predicted octanol–water partition coefficient (Wildman–Crippen LogP) is 5.58. The van der Waals surface area contributed by atoms with Crippen LogP contribution >= 0.6 is 0 Å². The number of hydrogen-bond donors (Lipinski definition) is 1. The molecule has 1 N–H and O–H groups in total. The molecule has 236 valence electrons. The van der Waals surface area contributed by atoms with Gasteiger partial charge in [-0.3, -0.25) is 13.9 Å². The zero-order chi connectivity index (χ0) is 32.4. The number of hydrogen-bond acceptors (Lipinski definition) is 5. The Morgan fingerprint density at radius 1 is 0.844 bits per heavy atom. The fourth-order valence-electron chi connectivity index (χ4n) is 4.92. The van der Waals surface area contributed by atoms with Crippen molar-refractivity contribution in [3.8, 4) is 5.75 Å². The highest BCUT2D eigenvalue weighted by Gasteiger charge is 2.36. The molecule has 0 radical (unpaired) electrons. The summed E-state index contributed by atoms with van der Waals surface area (Å²) in [7, 11) is -4.30. The van der Waals surface area contributed by atoms with Crippen molar-refractivity contribution in [3.63, 3.8) is 0 Å². The first kappa shape index (κ1) is 33.2. The summed E-state index contributed by atoms with van der Waals surface area (Å²) in [6.07, 6.45) is 0.126. The van der Waals surface area contributed by atoms with Crippen LogP contribution in [0.2, 0.25) is 0 Å². The van der Waals surface area contributed by atoms with Crippen LogP contribution in [0.25, 0.3) is 0 Å². The van der Waals surface area contributed by atoms with Crippen LogP contribution in [-0.4, -0.2) is 50.4 Å². The van der Waals surface area contributed by atoms with E-state index in [1.807, 2.05) is 30.3 Å². The second-order valence-corrected chi connectivity index (χ2v) is 12.6. The number of carbonyl (C=O) groups is 2. The van der Waals surface area contributed by atoms with Gasteiger partial charge in [-0.25, -0.2) is 12.8 Å². The van der Waals surface area contributed by atoms with Crippen LogP contribution in [0.5, 0.6) is 5.75 Å². The highest BCUT2D eigenvalue weighted by atomic mass is 32.2. The lowest BCUT2D eigenvalue weighted by molar-refractivity contribution is -0.140. The summed E-state index contributed by atoms with van der Waals surface area (Å²) >= 11 is 0. The van der Waals surface area contributed by atoms with Gasteiger partial charge >= 0.3 is 0 Å². The normalized spacial score (nSPS) is 11.9. The number of nitrogens with zero attached hydrogens (tertiary/aromatic N) is 2. The predicted molar refractivity (Wildman–Crippen MR) is 173 cm³/mol. The molecular formula is C35H38FN3O5S. The second kappa shape index (κ2) is 15.3. The van der Waals surface area contributed by atoms with Crippen LogP contribution in [0.15, 0.2) is 114 Å². The summed E-state index contributed by atoms with van der Waals surface area (Å²) in [6.45, 7) is 4.71. The van der Waals surface area contributed by atoms with Crippen molar-refractivity contribution in [3.05, 3.63) is 126 Å². The quantitative estimate of drug-likeness (QED) is 0.196.